The van der Waals surface area contributed by atoms with Crippen LogP contribution >= 0.6 is 0 Å². The van der Waals surface area contributed by atoms with Gasteiger partial charge in [0.05, 0.1) is 13.0 Å². The Morgan fingerprint density at radius 3 is 2.17 bits per heavy atom. The number of amides is 2. The van der Waals surface area contributed by atoms with Crippen LogP contribution in [-0.2, 0) is 21.4 Å². The fourth-order valence-corrected chi connectivity index (χ4v) is 2.46. The van der Waals surface area contributed by atoms with Gasteiger partial charge in [0, 0.05) is 5.69 Å². The van der Waals surface area contributed by atoms with Gasteiger partial charge in [0.1, 0.15) is 0 Å². The van der Waals surface area contributed by atoms with Crippen molar-refractivity contribution in [1.29, 1.82) is 0 Å². The molecule has 0 fully saturated rings. The summed E-state index contributed by atoms with van der Waals surface area (Å²) in [7, 11) is 0. The van der Waals surface area contributed by atoms with E-state index in [-0.39, 0.29) is 30.2 Å². The third kappa shape index (κ3) is 5.23. The van der Waals surface area contributed by atoms with Gasteiger partial charge in [0.2, 0.25) is 11.8 Å². The summed E-state index contributed by atoms with van der Waals surface area (Å²) in [6.45, 7) is 6.25. The molecule has 4 nitrogen and oxygen atoms in total. The molecule has 0 bridgehead atoms. The van der Waals surface area contributed by atoms with Crippen LogP contribution in [0, 0.1) is 0 Å². The number of benzene rings is 2. The number of anilines is 1. The van der Waals surface area contributed by atoms with Gasteiger partial charge in [-0.3, -0.25) is 9.59 Å². The van der Waals surface area contributed by atoms with E-state index in [1.54, 1.807) is 0 Å². The molecule has 0 spiro atoms. The lowest BCUT2D eigenvalue weighted by atomic mass is 9.86. The zero-order valence-electron chi connectivity index (χ0n) is 14.4. The number of hydrogen-bond acceptors (Lipinski definition) is 2. The summed E-state index contributed by atoms with van der Waals surface area (Å²) in [4.78, 5) is 24.0. The van der Waals surface area contributed by atoms with Gasteiger partial charge in [-0.15, -0.1) is 0 Å². The average molecular weight is 324 g/mol. The van der Waals surface area contributed by atoms with Crippen molar-refractivity contribution in [3.05, 3.63) is 65.7 Å². The smallest absolute Gasteiger partial charge is 0.243 e. The van der Waals surface area contributed by atoms with Crippen LogP contribution in [-0.4, -0.2) is 18.4 Å². The average Bonchev–Trinajstić information content (AvgIpc) is 2.53. The van der Waals surface area contributed by atoms with E-state index in [2.05, 4.69) is 31.4 Å². The van der Waals surface area contributed by atoms with Crippen molar-refractivity contribution < 1.29 is 9.59 Å². The third-order valence-electron chi connectivity index (χ3n) is 3.66. The Morgan fingerprint density at radius 1 is 0.875 bits per heavy atom. The molecule has 0 aliphatic heterocycles. The highest BCUT2D eigenvalue weighted by molar-refractivity contribution is 5.95. The molecule has 4 heteroatoms. The molecule has 24 heavy (non-hydrogen) atoms. The summed E-state index contributed by atoms with van der Waals surface area (Å²) in [6.07, 6.45) is 0.271. The highest BCUT2D eigenvalue weighted by atomic mass is 16.2. The lowest BCUT2D eigenvalue weighted by Gasteiger charge is -2.23. The van der Waals surface area contributed by atoms with E-state index < -0.39 is 0 Å². The molecule has 0 unspecified atom stereocenters. The molecule has 0 saturated heterocycles. The second-order valence-corrected chi connectivity index (χ2v) is 6.78. The van der Waals surface area contributed by atoms with Crippen LogP contribution in [0.5, 0.6) is 0 Å². The minimum Gasteiger partial charge on any atom is -0.347 e. The maximum Gasteiger partial charge on any atom is 0.243 e. The Balaban J connectivity index is 1.89. The molecule has 2 rings (SSSR count). The van der Waals surface area contributed by atoms with Gasteiger partial charge in [0.25, 0.3) is 0 Å². The quantitative estimate of drug-likeness (QED) is 0.887. The maximum absolute atomic E-state index is 12.1. The monoisotopic (exact) mass is 324 g/mol. The normalized spacial score (nSPS) is 11.0. The van der Waals surface area contributed by atoms with Crippen molar-refractivity contribution >= 4 is 17.5 Å². The molecule has 0 aliphatic rings. The highest BCUT2D eigenvalue weighted by Crippen LogP contribution is 2.29. The number of nitrogens with one attached hydrogen (secondary N) is 2. The summed E-state index contributed by atoms with van der Waals surface area (Å²) in [5, 5.41) is 5.54. The van der Waals surface area contributed by atoms with Gasteiger partial charge >= 0.3 is 0 Å². The molecule has 0 saturated carbocycles. The van der Waals surface area contributed by atoms with Crippen molar-refractivity contribution in [3.8, 4) is 0 Å². The molecule has 0 radical (unpaired) electrons. The summed E-state index contributed by atoms with van der Waals surface area (Å²) in [5.74, 6) is -0.395. The van der Waals surface area contributed by atoms with Crippen LogP contribution in [0.15, 0.2) is 54.6 Å². The Labute approximate surface area is 143 Å². The minimum atomic E-state index is -0.229. The topological polar surface area (TPSA) is 58.2 Å². The van der Waals surface area contributed by atoms with E-state index in [0.29, 0.717) is 0 Å². The van der Waals surface area contributed by atoms with Crippen LogP contribution in [0.4, 0.5) is 5.69 Å². The molecule has 2 aromatic carbocycles. The summed E-state index contributed by atoms with van der Waals surface area (Å²) < 4.78 is 0. The Kier molecular flexibility index (Phi) is 5.74. The van der Waals surface area contributed by atoms with Crippen LogP contribution in [0.1, 0.15) is 31.9 Å². The largest absolute Gasteiger partial charge is 0.347 e. The number of carbonyl (C=O) groups excluding carboxylic acids is 2. The molecule has 126 valence electrons. The van der Waals surface area contributed by atoms with E-state index in [0.717, 1.165) is 16.8 Å². The standard InChI is InChI=1S/C20H24N2O2/c1-20(2,3)16-11-7-8-12-17(16)22-19(24)14-21-18(23)13-15-9-5-4-6-10-15/h4-12H,13-14H2,1-3H3,(H,21,23)(H,22,24). The van der Waals surface area contributed by atoms with Gasteiger partial charge < -0.3 is 10.6 Å². The van der Waals surface area contributed by atoms with Crippen molar-refractivity contribution in [2.75, 3.05) is 11.9 Å². The fraction of sp³-hybridized carbons (Fsp3) is 0.300. The molecule has 2 amide bonds. The van der Waals surface area contributed by atoms with Crippen molar-refractivity contribution in [1.82, 2.24) is 5.32 Å². The van der Waals surface area contributed by atoms with E-state index in [1.807, 2.05) is 54.6 Å². The zero-order valence-corrected chi connectivity index (χ0v) is 14.4. The Morgan fingerprint density at radius 2 is 1.50 bits per heavy atom. The van der Waals surface area contributed by atoms with Crippen LogP contribution in [0.25, 0.3) is 0 Å². The first-order valence-electron chi connectivity index (χ1n) is 8.06. The highest BCUT2D eigenvalue weighted by Gasteiger charge is 2.18. The van der Waals surface area contributed by atoms with Gasteiger partial charge in [-0.05, 0) is 22.6 Å². The van der Waals surface area contributed by atoms with Crippen LogP contribution < -0.4 is 10.6 Å². The summed E-state index contributed by atoms with van der Waals surface area (Å²) in [5.41, 5.74) is 2.70. The summed E-state index contributed by atoms with van der Waals surface area (Å²) in [6, 6.07) is 17.2. The van der Waals surface area contributed by atoms with Crippen molar-refractivity contribution in [3.63, 3.8) is 0 Å². The first-order valence-corrected chi connectivity index (χ1v) is 8.06. The first-order chi connectivity index (χ1) is 11.4. The molecular formula is C20H24N2O2. The van der Waals surface area contributed by atoms with Crippen molar-refractivity contribution in [2.24, 2.45) is 0 Å². The van der Waals surface area contributed by atoms with Gasteiger partial charge in [0.15, 0.2) is 0 Å². The number of para-hydroxylation sites is 1. The lowest BCUT2D eigenvalue weighted by molar-refractivity contribution is -0.123. The van der Waals surface area contributed by atoms with Gasteiger partial charge in [-0.25, -0.2) is 0 Å². The van der Waals surface area contributed by atoms with Gasteiger partial charge in [-0.2, -0.15) is 0 Å². The number of carbonyl (C=O) groups is 2. The molecule has 0 atom stereocenters. The molecule has 2 aromatic rings. The summed E-state index contributed by atoms with van der Waals surface area (Å²) >= 11 is 0. The number of rotatable bonds is 5. The van der Waals surface area contributed by atoms with Crippen LogP contribution in [0.3, 0.4) is 0 Å². The zero-order chi connectivity index (χ0) is 17.6. The molecule has 0 aromatic heterocycles. The predicted molar refractivity (Wildman–Crippen MR) is 96.9 cm³/mol. The Bertz CT molecular complexity index is 703. The second kappa shape index (κ2) is 7.77. The van der Waals surface area contributed by atoms with Crippen LogP contribution in [0.2, 0.25) is 0 Å². The molecular weight excluding hydrogens is 300 g/mol. The SMILES string of the molecule is CC(C)(C)c1ccccc1NC(=O)CNC(=O)Cc1ccccc1. The van der Waals surface area contributed by atoms with E-state index in [1.165, 1.54) is 0 Å². The van der Waals surface area contributed by atoms with E-state index in [4.69, 9.17) is 0 Å². The predicted octanol–water partition coefficient (Wildman–Crippen LogP) is 3.28. The lowest BCUT2D eigenvalue weighted by Crippen LogP contribution is -2.34. The van der Waals surface area contributed by atoms with E-state index >= 15 is 0 Å². The second-order valence-electron chi connectivity index (χ2n) is 6.78. The Hall–Kier alpha value is -2.62. The number of hydrogen-bond donors (Lipinski definition) is 2. The first kappa shape index (κ1) is 17.7. The molecule has 0 heterocycles. The minimum absolute atomic E-state index is 0.0376. The molecule has 0 aliphatic carbocycles. The van der Waals surface area contributed by atoms with Crippen molar-refractivity contribution in [2.45, 2.75) is 32.6 Å². The van der Waals surface area contributed by atoms with E-state index in [9.17, 15) is 9.59 Å². The van der Waals surface area contributed by atoms with Gasteiger partial charge in [-0.1, -0.05) is 69.3 Å². The third-order valence-corrected chi connectivity index (χ3v) is 3.66. The molecule has 2 N–H and O–H groups in total. The maximum atomic E-state index is 12.1. The fourth-order valence-electron chi connectivity index (χ4n) is 2.46.